The van der Waals surface area contributed by atoms with Crippen molar-refractivity contribution in [1.29, 1.82) is 0 Å². The van der Waals surface area contributed by atoms with Gasteiger partial charge in [-0.1, -0.05) is 41.9 Å². The number of carbonyl (C=O) groups excluding carboxylic acids is 1. The maximum Gasteiger partial charge on any atom is 0.254 e. The van der Waals surface area contributed by atoms with Crippen LogP contribution in [0.1, 0.15) is 28.8 Å². The van der Waals surface area contributed by atoms with Crippen LogP contribution in [0, 0.1) is 0 Å². The number of likely N-dealkylation sites (tertiary alicyclic amines) is 1. The van der Waals surface area contributed by atoms with Crippen LogP contribution >= 0.6 is 24.0 Å². The molecule has 0 saturated carbocycles. The average Bonchev–Trinajstić information content (AvgIpc) is 3.05. The summed E-state index contributed by atoms with van der Waals surface area (Å²) in [6.07, 6.45) is 0. The van der Waals surface area contributed by atoms with E-state index in [1.165, 1.54) is 7.11 Å². The Kier molecular flexibility index (Phi) is 7.36. The lowest BCUT2D eigenvalue weighted by Crippen LogP contribution is -2.32. The van der Waals surface area contributed by atoms with Crippen LogP contribution in [0.4, 0.5) is 0 Å². The Balaban J connectivity index is 0.00000261. The summed E-state index contributed by atoms with van der Waals surface area (Å²) in [4.78, 5) is 14.7. The second-order valence-electron chi connectivity index (χ2n) is 6.31. The van der Waals surface area contributed by atoms with Crippen molar-refractivity contribution in [2.45, 2.75) is 18.9 Å². The zero-order valence-electron chi connectivity index (χ0n) is 15.4. The molecule has 0 radical (unpaired) electrons. The van der Waals surface area contributed by atoms with Gasteiger partial charge in [-0.2, -0.15) is 0 Å². The molecule has 1 heterocycles. The molecule has 2 N–H and O–H groups in total. The van der Waals surface area contributed by atoms with E-state index in [0.717, 1.165) is 5.56 Å². The zero-order chi connectivity index (χ0) is 18.7. The molecule has 2 atom stereocenters. The first-order valence-electron chi connectivity index (χ1n) is 8.65. The SMILES string of the molecule is CCOc1c(Cl)cc(C(=O)N2C[C@@H](N)[C@H](c3ccccc3)C2)cc1OC.Cl. The van der Waals surface area contributed by atoms with E-state index in [9.17, 15) is 4.79 Å². The molecule has 1 aliphatic heterocycles. The molecule has 5 nitrogen and oxygen atoms in total. The minimum atomic E-state index is -0.109. The number of hydrogen-bond acceptors (Lipinski definition) is 4. The molecule has 0 unspecified atom stereocenters. The van der Waals surface area contributed by atoms with Crippen molar-refractivity contribution >= 4 is 29.9 Å². The van der Waals surface area contributed by atoms with Crippen LogP contribution < -0.4 is 15.2 Å². The molecule has 7 heteroatoms. The number of amides is 1. The molecule has 1 amide bonds. The van der Waals surface area contributed by atoms with Crippen molar-refractivity contribution in [2.24, 2.45) is 5.73 Å². The number of benzene rings is 2. The summed E-state index contributed by atoms with van der Waals surface area (Å²) in [6, 6.07) is 13.2. The van der Waals surface area contributed by atoms with Gasteiger partial charge in [0.2, 0.25) is 0 Å². The van der Waals surface area contributed by atoms with Crippen LogP contribution in [0.2, 0.25) is 5.02 Å². The molecule has 0 spiro atoms. The van der Waals surface area contributed by atoms with Gasteiger partial charge in [-0.25, -0.2) is 0 Å². The minimum Gasteiger partial charge on any atom is -0.493 e. The van der Waals surface area contributed by atoms with Crippen molar-refractivity contribution in [3.63, 3.8) is 0 Å². The third-order valence-electron chi connectivity index (χ3n) is 4.65. The second kappa shape index (κ2) is 9.31. The standard InChI is InChI=1S/C20H23ClN2O3.ClH/c1-3-26-19-16(21)9-14(10-18(19)25-2)20(24)23-11-15(17(22)12-23)13-7-5-4-6-8-13;/h4-10,15,17H,3,11-12,22H2,1-2H3;1H/t15-,17+;/m0./s1. The fourth-order valence-corrected chi connectivity index (χ4v) is 3.62. The summed E-state index contributed by atoms with van der Waals surface area (Å²) in [7, 11) is 1.53. The highest BCUT2D eigenvalue weighted by molar-refractivity contribution is 6.32. The zero-order valence-corrected chi connectivity index (χ0v) is 16.9. The largest absolute Gasteiger partial charge is 0.493 e. The summed E-state index contributed by atoms with van der Waals surface area (Å²) in [6.45, 7) is 3.41. The fourth-order valence-electron chi connectivity index (χ4n) is 3.36. The Morgan fingerprint density at radius 1 is 1.26 bits per heavy atom. The van der Waals surface area contributed by atoms with E-state index in [0.29, 0.717) is 41.8 Å². The molecule has 0 aromatic heterocycles. The van der Waals surface area contributed by atoms with Gasteiger partial charge >= 0.3 is 0 Å². The van der Waals surface area contributed by atoms with Gasteiger partial charge in [0.15, 0.2) is 11.5 Å². The number of nitrogens with two attached hydrogens (primary N) is 1. The van der Waals surface area contributed by atoms with Crippen LogP contribution in [-0.2, 0) is 0 Å². The summed E-state index contributed by atoms with van der Waals surface area (Å²) >= 11 is 6.30. The molecular weight excluding hydrogens is 387 g/mol. The predicted molar refractivity (Wildman–Crippen MR) is 109 cm³/mol. The molecule has 2 aromatic carbocycles. The minimum absolute atomic E-state index is 0. The Hall–Kier alpha value is -1.95. The molecule has 27 heavy (non-hydrogen) atoms. The topological polar surface area (TPSA) is 64.8 Å². The molecule has 0 bridgehead atoms. The quantitative estimate of drug-likeness (QED) is 0.814. The van der Waals surface area contributed by atoms with E-state index in [1.807, 2.05) is 25.1 Å². The van der Waals surface area contributed by atoms with Crippen LogP contribution in [-0.4, -0.2) is 43.7 Å². The van der Waals surface area contributed by atoms with Gasteiger partial charge in [-0.3, -0.25) is 4.79 Å². The average molecular weight is 411 g/mol. The number of nitrogens with zero attached hydrogens (tertiary/aromatic N) is 1. The van der Waals surface area contributed by atoms with Crippen LogP contribution in [0.15, 0.2) is 42.5 Å². The van der Waals surface area contributed by atoms with Crippen molar-refractivity contribution in [3.05, 3.63) is 58.6 Å². The van der Waals surface area contributed by atoms with Crippen molar-refractivity contribution in [1.82, 2.24) is 4.90 Å². The molecule has 2 aromatic rings. The monoisotopic (exact) mass is 410 g/mol. The maximum absolute atomic E-state index is 13.0. The van der Waals surface area contributed by atoms with Gasteiger partial charge in [0.05, 0.1) is 18.7 Å². The number of carbonyl (C=O) groups is 1. The van der Waals surface area contributed by atoms with E-state index in [1.54, 1.807) is 17.0 Å². The van der Waals surface area contributed by atoms with E-state index < -0.39 is 0 Å². The Morgan fingerprint density at radius 3 is 2.59 bits per heavy atom. The Labute approximate surface area is 170 Å². The van der Waals surface area contributed by atoms with Crippen LogP contribution in [0.3, 0.4) is 0 Å². The molecule has 3 rings (SSSR count). The lowest BCUT2D eigenvalue weighted by atomic mass is 9.95. The Bertz CT molecular complexity index is 786. The number of rotatable bonds is 5. The van der Waals surface area contributed by atoms with Crippen molar-refractivity contribution < 1.29 is 14.3 Å². The molecule has 146 valence electrons. The number of halogens is 2. The first kappa shape index (κ1) is 21.4. The third kappa shape index (κ3) is 4.49. The second-order valence-corrected chi connectivity index (χ2v) is 6.72. The lowest BCUT2D eigenvalue weighted by Gasteiger charge is -2.18. The van der Waals surface area contributed by atoms with E-state index >= 15 is 0 Å². The molecular formula is C20H24Cl2N2O3. The van der Waals surface area contributed by atoms with Gasteiger partial charge in [0.1, 0.15) is 0 Å². The molecule has 0 aliphatic carbocycles. The van der Waals surface area contributed by atoms with E-state index in [4.69, 9.17) is 26.8 Å². The highest BCUT2D eigenvalue weighted by Gasteiger charge is 2.34. The van der Waals surface area contributed by atoms with E-state index in [2.05, 4.69) is 12.1 Å². The summed E-state index contributed by atoms with van der Waals surface area (Å²) in [5.74, 6) is 0.918. The number of ether oxygens (including phenoxy) is 2. The smallest absolute Gasteiger partial charge is 0.254 e. The summed E-state index contributed by atoms with van der Waals surface area (Å²) in [5, 5.41) is 0.359. The highest BCUT2D eigenvalue weighted by Crippen LogP contribution is 2.37. The fraction of sp³-hybridized carbons (Fsp3) is 0.350. The van der Waals surface area contributed by atoms with E-state index in [-0.39, 0.29) is 30.3 Å². The summed E-state index contributed by atoms with van der Waals surface area (Å²) < 4.78 is 10.8. The number of hydrogen-bond donors (Lipinski definition) is 1. The molecule has 1 fully saturated rings. The molecule has 1 aliphatic rings. The third-order valence-corrected chi connectivity index (χ3v) is 4.93. The normalized spacial score (nSPS) is 18.7. The van der Waals surface area contributed by atoms with Crippen molar-refractivity contribution in [3.8, 4) is 11.5 Å². The van der Waals surface area contributed by atoms with Crippen molar-refractivity contribution in [2.75, 3.05) is 26.8 Å². The highest BCUT2D eigenvalue weighted by atomic mass is 35.5. The van der Waals surface area contributed by atoms with Gasteiger partial charge in [-0.05, 0) is 24.6 Å². The maximum atomic E-state index is 13.0. The lowest BCUT2D eigenvalue weighted by molar-refractivity contribution is 0.0788. The van der Waals surface area contributed by atoms with Crippen LogP contribution in [0.25, 0.3) is 0 Å². The van der Waals surface area contributed by atoms with Gasteiger partial charge < -0.3 is 20.1 Å². The predicted octanol–water partition coefficient (Wildman–Crippen LogP) is 3.74. The van der Waals surface area contributed by atoms with Gasteiger partial charge in [0, 0.05) is 30.6 Å². The first-order valence-corrected chi connectivity index (χ1v) is 9.03. The van der Waals surface area contributed by atoms with Gasteiger partial charge in [-0.15, -0.1) is 12.4 Å². The number of methoxy groups -OCH3 is 1. The van der Waals surface area contributed by atoms with Gasteiger partial charge in [0.25, 0.3) is 5.91 Å². The van der Waals surface area contributed by atoms with Crippen LogP contribution in [0.5, 0.6) is 11.5 Å². The molecule has 1 saturated heterocycles. The Morgan fingerprint density at radius 2 is 1.96 bits per heavy atom. The first-order chi connectivity index (χ1) is 12.5. The summed E-state index contributed by atoms with van der Waals surface area (Å²) in [5.41, 5.74) is 7.92.